The number of aliphatic carboxylic acids is 1. The smallest absolute Gasteiger partial charge is 0.327 e. The first-order valence-corrected chi connectivity index (χ1v) is 12.3. The molecule has 3 N–H and O–H groups in total. The van der Waals surface area contributed by atoms with Crippen molar-refractivity contribution in [1.29, 1.82) is 0 Å². The van der Waals surface area contributed by atoms with Crippen LogP contribution in [0.1, 0.15) is 32.4 Å². The molecule has 0 bridgehead atoms. The van der Waals surface area contributed by atoms with E-state index in [9.17, 15) is 33.9 Å². The van der Waals surface area contributed by atoms with Crippen LogP contribution in [0.15, 0.2) is 30.3 Å². The fraction of sp³-hybridized carbons (Fsp3) is 0.478. The van der Waals surface area contributed by atoms with Crippen LogP contribution < -0.4 is 10.6 Å². The van der Waals surface area contributed by atoms with Crippen LogP contribution >= 0.6 is 24.2 Å². The molecule has 1 unspecified atom stereocenters. The summed E-state index contributed by atoms with van der Waals surface area (Å²) in [5, 5.41) is 14.2. The van der Waals surface area contributed by atoms with E-state index in [0.717, 1.165) is 4.90 Å². The molecule has 14 heteroatoms. The lowest BCUT2D eigenvalue weighted by Crippen LogP contribution is -2.71. The number of thioether (sulfide) groups is 1. The molecule has 6 amide bonds. The zero-order chi connectivity index (χ0) is 26.4. The number of carboxylic acid groups (broad SMARTS) is 1. The molecule has 4 atom stereocenters. The van der Waals surface area contributed by atoms with Gasteiger partial charge in [-0.2, -0.15) is 0 Å². The van der Waals surface area contributed by atoms with Gasteiger partial charge < -0.3 is 25.5 Å². The summed E-state index contributed by atoms with van der Waals surface area (Å²) in [6.07, 6.45) is 0. The van der Waals surface area contributed by atoms with Crippen LogP contribution in [0.2, 0.25) is 0 Å². The van der Waals surface area contributed by atoms with E-state index in [-0.39, 0.29) is 25.5 Å². The highest BCUT2D eigenvalue weighted by Gasteiger charge is 2.64. The van der Waals surface area contributed by atoms with Crippen molar-refractivity contribution >= 4 is 59.8 Å². The van der Waals surface area contributed by atoms with Crippen molar-refractivity contribution in [3.63, 3.8) is 0 Å². The molecule has 3 aliphatic rings. The number of nitrogens with one attached hydrogen (secondary N) is 2. The average molecular weight is 554 g/mol. The van der Waals surface area contributed by atoms with Crippen molar-refractivity contribution < 1.29 is 33.9 Å². The second-order valence-electron chi connectivity index (χ2n) is 9.22. The first kappa shape index (κ1) is 28.3. The molecule has 1 aromatic carbocycles. The zero-order valence-corrected chi connectivity index (χ0v) is 22.0. The Labute approximate surface area is 223 Å². The van der Waals surface area contributed by atoms with Gasteiger partial charge in [0.1, 0.15) is 23.5 Å². The number of piperazine rings is 1. The molecule has 0 radical (unpaired) electrons. The molecule has 3 saturated heterocycles. The van der Waals surface area contributed by atoms with Crippen molar-refractivity contribution in [2.75, 3.05) is 19.6 Å². The van der Waals surface area contributed by atoms with Gasteiger partial charge in [-0.15, -0.1) is 24.2 Å². The second kappa shape index (κ2) is 10.6. The van der Waals surface area contributed by atoms with Crippen LogP contribution in [0, 0.1) is 0 Å². The Morgan fingerprint density at radius 1 is 1.11 bits per heavy atom. The van der Waals surface area contributed by atoms with Crippen LogP contribution in [0.5, 0.6) is 0 Å². The highest BCUT2D eigenvalue weighted by molar-refractivity contribution is 8.01. The zero-order valence-electron chi connectivity index (χ0n) is 20.4. The van der Waals surface area contributed by atoms with E-state index >= 15 is 0 Å². The number of rotatable bonds is 6. The van der Waals surface area contributed by atoms with Gasteiger partial charge in [0, 0.05) is 24.4 Å². The molecular formula is C23H28ClN5O7S. The molecule has 3 heterocycles. The topological polar surface area (TPSA) is 156 Å². The van der Waals surface area contributed by atoms with Crippen LogP contribution in [0.3, 0.4) is 0 Å². The SMILES string of the molecule is CCN1CCN(C(=O)NC(C(=O)N[C@@H]2C(=O)N3[C@@H]2SC(C)(C)[C@@H]3C(=O)O)c2ccccc2)C(=O)C1=O.Cl. The van der Waals surface area contributed by atoms with E-state index < -0.39 is 63.9 Å². The Kier molecular flexibility index (Phi) is 8.08. The van der Waals surface area contributed by atoms with Crippen molar-refractivity contribution in [3.8, 4) is 0 Å². The van der Waals surface area contributed by atoms with E-state index in [2.05, 4.69) is 10.6 Å². The Bertz CT molecular complexity index is 1130. The van der Waals surface area contributed by atoms with Crippen molar-refractivity contribution in [3.05, 3.63) is 35.9 Å². The number of benzene rings is 1. The number of carbonyl (C=O) groups is 6. The maximum Gasteiger partial charge on any atom is 0.327 e. The number of β-lactam (4-membered cyclic amide) rings is 1. The molecule has 200 valence electrons. The summed E-state index contributed by atoms with van der Waals surface area (Å²) in [5.41, 5.74) is 0.403. The summed E-state index contributed by atoms with van der Waals surface area (Å²) in [5.74, 6) is -4.12. The summed E-state index contributed by atoms with van der Waals surface area (Å²) in [6.45, 7) is 5.67. The number of fused-ring (bicyclic) bond motifs is 1. The molecule has 3 aliphatic heterocycles. The lowest BCUT2D eigenvalue weighted by Gasteiger charge is -2.44. The normalized spacial score (nSPS) is 25.0. The third-order valence-electron chi connectivity index (χ3n) is 6.57. The van der Waals surface area contributed by atoms with E-state index in [1.807, 2.05) is 0 Å². The molecular weight excluding hydrogens is 526 g/mol. The predicted molar refractivity (Wildman–Crippen MR) is 135 cm³/mol. The third-order valence-corrected chi connectivity index (χ3v) is 8.14. The van der Waals surface area contributed by atoms with Crippen LogP contribution in [0.4, 0.5) is 4.79 Å². The summed E-state index contributed by atoms with van der Waals surface area (Å²) in [7, 11) is 0. The lowest BCUT2D eigenvalue weighted by molar-refractivity contribution is -0.161. The van der Waals surface area contributed by atoms with Gasteiger partial charge in [-0.3, -0.25) is 24.1 Å². The van der Waals surface area contributed by atoms with Crippen molar-refractivity contribution in [2.45, 2.75) is 49.0 Å². The predicted octanol–water partition coefficient (Wildman–Crippen LogP) is 0.182. The number of amides is 6. The second-order valence-corrected chi connectivity index (χ2v) is 11.0. The number of nitrogens with zero attached hydrogens (tertiary/aromatic N) is 3. The number of urea groups is 1. The van der Waals surface area contributed by atoms with E-state index in [1.54, 1.807) is 51.1 Å². The average Bonchev–Trinajstić information content (AvgIpc) is 3.10. The van der Waals surface area contributed by atoms with E-state index in [4.69, 9.17) is 0 Å². The van der Waals surface area contributed by atoms with Gasteiger partial charge in [-0.05, 0) is 26.3 Å². The molecule has 0 saturated carbocycles. The highest BCUT2D eigenvalue weighted by Crippen LogP contribution is 2.50. The molecule has 37 heavy (non-hydrogen) atoms. The van der Waals surface area contributed by atoms with Gasteiger partial charge in [0.2, 0.25) is 11.8 Å². The number of imide groups is 1. The standard InChI is InChI=1S/C23H27N5O7S.ClH/c1-4-26-10-11-27(19(32)18(26)31)22(35)25-13(12-8-6-5-7-9-12)16(29)24-14-17(30)28-15(21(33)34)23(2,3)36-20(14)28;/h5-9,13-15,20H,4,10-11H2,1-3H3,(H,24,29)(H,25,35)(H,33,34);1H/t13?,14-,15+,20-;/m1./s1. The highest BCUT2D eigenvalue weighted by atomic mass is 35.5. The van der Waals surface area contributed by atoms with Gasteiger partial charge in [0.15, 0.2) is 0 Å². The van der Waals surface area contributed by atoms with Gasteiger partial charge in [0.25, 0.3) is 0 Å². The monoisotopic (exact) mass is 553 g/mol. The number of carbonyl (C=O) groups excluding carboxylic acids is 5. The first-order chi connectivity index (χ1) is 17.0. The van der Waals surface area contributed by atoms with Crippen molar-refractivity contribution in [2.24, 2.45) is 0 Å². The van der Waals surface area contributed by atoms with Gasteiger partial charge >= 0.3 is 23.8 Å². The first-order valence-electron chi connectivity index (χ1n) is 11.5. The van der Waals surface area contributed by atoms with Gasteiger partial charge in [0.05, 0.1) is 0 Å². The largest absolute Gasteiger partial charge is 0.480 e. The maximum atomic E-state index is 13.3. The third kappa shape index (κ3) is 4.97. The fourth-order valence-electron chi connectivity index (χ4n) is 4.70. The minimum atomic E-state index is -1.26. The van der Waals surface area contributed by atoms with Crippen LogP contribution in [0.25, 0.3) is 0 Å². The number of hydrogen-bond acceptors (Lipinski definition) is 7. The summed E-state index contributed by atoms with van der Waals surface area (Å²) >= 11 is 1.28. The van der Waals surface area contributed by atoms with Crippen LogP contribution in [-0.4, -0.2) is 97.3 Å². The number of likely N-dealkylation sites (N-methyl/N-ethyl adjacent to an activating group) is 1. The number of carboxylic acids is 1. The molecule has 1 aromatic rings. The molecule has 0 aliphatic carbocycles. The summed E-state index contributed by atoms with van der Waals surface area (Å²) < 4.78 is -0.758. The van der Waals surface area contributed by atoms with E-state index in [1.165, 1.54) is 21.6 Å². The number of hydrogen-bond donors (Lipinski definition) is 3. The minimum absolute atomic E-state index is 0. The molecule has 12 nitrogen and oxygen atoms in total. The fourth-order valence-corrected chi connectivity index (χ4v) is 6.32. The van der Waals surface area contributed by atoms with E-state index in [0.29, 0.717) is 12.1 Å². The Balaban J connectivity index is 0.00000380. The maximum absolute atomic E-state index is 13.3. The molecule has 4 rings (SSSR count). The molecule has 0 spiro atoms. The number of halogens is 1. The molecule has 3 fully saturated rings. The Morgan fingerprint density at radius 3 is 2.35 bits per heavy atom. The van der Waals surface area contributed by atoms with Crippen LogP contribution in [-0.2, 0) is 24.0 Å². The summed E-state index contributed by atoms with van der Waals surface area (Å²) in [6, 6.07) is 4.11. The Hall–Kier alpha value is -3.32. The summed E-state index contributed by atoms with van der Waals surface area (Å²) in [4.78, 5) is 78.8. The lowest BCUT2D eigenvalue weighted by atomic mass is 9.95. The quantitative estimate of drug-likeness (QED) is 0.333. The minimum Gasteiger partial charge on any atom is -0.480 e. The van der Waals surface area contributed by atoms with Gasteiger partial charge in [-0.1, -0.05) is 30.3 Å². The van der Waals surface area contributed by atoms with Crippen molar-refractivity contribution in [1.82, 2.24) is 25.3 Å². The Morgan fingerprint density at radius 2 is 1.76 bits per heavy atom. The molecule has 0 aromatic heterocycles. The van der Waals surface area contributed by atoms with Gasteiger partial charge in [-0.25, -0.2) is 9.59 Å².